The summed E-state index contributed by atoms with van der Waals surface area (Å²) in [4.78, 5) is 21.5. The third-order valence-corrected chi connectivity index (χ3v) is 2.88. The standard InChI is InChI=1S/C13H12N2O3/c1-2-3-4-11-12(14-13(11)16)9-5-7-10(8-6-9)15(17)18/h2-8,11-12H,1H2,(H,14,16)/b4-3+/t11-,12-/m0/s1. The van der Waals surface area contributed by atoms with E-state index in [4.69, 9.17) is 0 Å². The highest BCUT2D eigenvalue weighted by Crippen LogP contribution is 2.32. The lowest BCUT2D eigenvalue weighted by atomic mass is 9.85. The van der Waals surface area contributed by atoms with E-state index in [0.29, 0.717) is 0 Å². The topological polar surface area (TPSA) is 72.2 Å². The Labute approximate surface area is 104 Å². The minimum Gasteiger partial charge on any atom is -0.348 e. The van der Waals surface area contributed by atoms with Gasteiger partial charge in [-0.1, -0.05) is 36.9 Å². The number of carbonyl (C=O) groups is 1. The summed E-state index contributed by atoms with van der Waals surface area (Å²) >= 11 is 0. The van der Waals surface area contributed by atoms with Crippen molar-refractivity contribution in [1.29, 1.82) is 0 Å². The quantitative estimate of drug-likeness (QED) is 0.381. The predicted molar refractivity (Wildman–Crippen MR) is 66.8 cm³/mol. The third kappa shape index (κ3) is 2.15. The molecule has 0 saturated carbocycles. The third-order valence-electron chi connectivity index (χ3n) is 2.88. The molecule has 1 amide bonds. The number of rotatable bonds is 4. The van der Waals surface area contributed by atoms with Crippen LogP contribution in [0.5, 0.6) is 0 Å². The van der Waals surface area contributed by atoms with Gasteiger partial charge in [0.05, 0.1) is 16.9 Å². The first-order valence-electron chi connectivity index (χ1n) is 5.47. The van der Waals surface area contributed by atoms with E-state index in [1.165, 1.54) is 12.1 Å². The van der Waals surface area contributed by atoms with Crippen LogP contribution in [0.4, 0.5) is 5.69 Å². The molecule has 1 N–H and O–H groups in total. The zero-order valence-corrected chi connectivity index (χ0v) is 9.58. The molecule has 1 aliphatic rings. The fraction of sp³-hybridized carbons (Fsp3) is 0.154. The molecule has 1 fully saturated rings. The summed E-state index contributed by atoms with van der Waals surface area (Å²) in [5.41, 5.74) is 0.904. The van der Waals surface area contributed by atoms with Crippen LogP contribution in [-0.2, 0) is 4.79 Å². The number of nitrogens with one attached hydrogen (secondary N) is 1. The second kappa shape index (κ2) is 4.83. The van der Waals surface area contributed by atoms with Crippen molar-refractivity contribution < 1.29 is 9.72 Å². The van der Waals surface area contributed by atoms with Crippen LogP contribution in [0, 0.1) is 16.0 Å². The maximum atomic E-state index is 11.4. The lowest BCUT2D eigenvalue weighted by Gasteiger charge is -2.35. The Bertz CT molecular complexity index is 520. The molecule has 0 aromatic heterocycles. The zero-order valence-electron chi connectivity index (χ0n) is 9.58. The normalized spacial score (nSPS) is 22.3. The van der Waals surface area contributed by atoms with Crippen molar-refractivity contribution in [3.05, 3.63) is 64.8 Å². The molecule has 0 bridgehead atoms. The largest absolute Gasteiger partial charge is 0.348 e. The first kappa shape index (κ1) is 12.0. The molecule has 1 saturated heterocycles. The van der Waals surface area contributed by atoms with Crippen molar-refractivity contribution in [2.24, 2.45) is 5.92 Å². The van der Waals surface area contributed by atoms with E-state index >= 15 is 0 Å². The van der Waals surface area contributed by atoms with E-state index in [-0.39, 0.29) is 23.6 Å². The monoisotopic (exact) mass is 244 g/mol. The highest BCUT2D eigenvalue weighted by molar-refractivity contribution is 5.88. The smallest absolute Gasteiger partial charge is 0.269 e. The number of benzene rings is 1. The van der Waals surface area contributed by atoms with Crippen molar-refractivity contribution in [1.82, 2.24) is 5.32 Å². The van der Waals surface area contributed by atoms with Crippen molar-refractivity contribution in [3.63, 3.8) is 0 Å². The Kier molecular flexibility index (Phi) is 3.23. The van der Waals surface area contributed by atoms with Gasteiger partial charge in [0.15, 0.2) is 0 Å². The number of nitro groups is 1. The van der Waals surface area contributed by atoms with Crippen LogP contribution in [0.1, 0.15) is 11.6 Å². The lowest BCUT2D eigenvalue weighted by Crippen LogP contribution is -2.50. The molecule has 5 heteroatoms. The number of carbonyl (C=O) groups excluding carboxylic acids is 1. The van der Waals surface area contributed by atoms with Crippen LogP contribution < -0.4 is 5.32 Å². The van der Waals surface area contributed by atoms with Gasteiger partial charge in [-0.3, -0.25) is 14.9 Å². The van der Waals surface area contributed by atoms with Gasteiger partial charge in [0.25, 0.3) is 5.69 Å². The molecule has 1 aromatic carbocycles. The number of hydrogen-bond donors (Lipinski definition) is 1. The van der Waals surface area contributed by atoms with Crippen LogP contribution in [0.3, 0.4) is 0 Å². The van der Waals surface area contributed by atoms with E-state index in [1.54, 1.807) is 30.4 Å². The van der Waals surface area contributed by atoms with E-state index in [1.807, 2.05) is 0 Å². The fourth-order valence-corrected chi connectivity index (χ4v) is 1.89. The number of hydrogen-bond acceptors (Lipinski definition) is 3. The number of nitrogens with zero attached hydrogens (tertiary/aromatic N) is 1. The van der Waals surface area contributed by atoms with Crippen LogP contribution >= 0.6 is 0 Å². The number of allylic oxidation sites excluding steroid dienone is 2. The first-order valence-corrected chi connectivity index (χ1v) is 5.47. The fourth-order valence-electron chi connectivity index (χ4n) is 1.89. The maximum Gasteiger partial charge on any atom is 0.269 e. The number of nitro benzene ring substituents is 1. The van der Waals surface area contributed by atoms with Crippen LogP contribution in [-0.4, -0.2) is 10.8 Å². The molecule has 0 aliphatic carbocycles. The van der Waals surface area contributed by atoms with Crippen LogP contribution in [0.25, 0.3) is 0 Å². The summed E-state index contributed by atoms with van der Waals surface area (Å²) in [6, 6.07) is 6.09. The molecule has 1 aromatic rings. The average molecular weight is 244 g/mol. The Morgan fingerprint density at radius 3 is 2.50 bits per heavy atom. The first-order chi connectivity index (χ1) is 8.63. The molecule has 0 unspecified atom stereocenters. The number of β-lactam (4-membered cyclic amide) rings is 1. The second-order valence-corrected chi connectivity index (χ2v) is 3.98. The van der Waals surface area contributed by atoms with Crippen molar-refractivity contribution in [2.45, 2.75) is 6.04 Å². The van der Waals surface area contributed by atoms with Crippen LogP contribution in [0.2, 0.25) is 0 Å². The summed E-state index contributed by atoms with van der Waals surface area (Å²) in [6.45, 7) is 3.55. The zero-order chi connectivity index (χ0) is 13.1. The van der Waals surface area contributed by atoms with Crippen molar-refractivity contribution in [2.75, 3.05) is 0 Å². The van der Waals surface area contributed by atoms with E-state index in [0.717, 1.165) is 5.56 Å². The predicted octanol–water partition coefficient (Wildman–Crippen LogP) is 2.12. The van der Waals surface area contributed by atoms with E-state index in [9.17, 15) is 14.9 Å². The number of non-ortho nitro benzene ring substituents is 1. The Morgan fingerprint density at radius 2 is 2.00 bits per heavy atom. The minimum absolute atomic E-state index is 0.0441. The van der Waals surface area contributed by atoms with Gasteiger partial charge in [-0.15, -0.1) is 0 Å². The summed E-state index contributed by atoms with van der Waals surface area (Å²) in [5, 5.41) is 13.3. The summed E-state index contributed by atoms with van der Waals surface area (Å²) in [6.07, 6.45) is 5.11. The Hall–Kier alpha value is -2.43. The second-order valence-electron chi connectivity index (χ2n) is 3.98. The molecular weight excluding hydrogens is 232 g/mol. The van der Waals surface area contributed by atoms with Gasteiger partial charge in [0.2, 0.25) is 5.91 Å². The summed E-state index contributed by atoms with van der Waals surface area (Å²) in [5.74, 6) is -0.277. The molecule has 5 nitrogen and oxygen atoms in total. The Morgan fingerprint density at radius 1 is 1.33 bits per heavy atom. The van der Waals surface area contributed by atoms with Crippen LogP contribution in [0.15, 0.2) is 49.1 Å². The molecular formula is C13H12N2O3. The van der Waals surface area contributed by atoms with Gasteiger partial charge >= 0.3 is 0 Å². The van der Waals surface area contributed by atoms with E-state index in [2.05, 4.69) is 11.9 Å². The SMILES string of the molecule is C=C/C=C/[C@@H]1C(=O)N[C@H]1c1ccc([N+](=O)[O-])cc1. The van der Waals surface area contributed by atoms with Gasteiger partial charge in [-0.2, -0.15) is 0 Å². The van der Waals surface area contributed by atoms with Crippen molar-refractivity contribution in [3.8, 4) is 0 Å². The maximum absolute atomic E-state index is 11.4. The highest BCUT2D eigenvalue weighted by Gasteiger charge is 2.38. The molecule has 2 atom stereocenters. The van der Waals surface area contributed by atoms with Gasteiger partial charge in [0, 0.05) is 12.1 Å². The molecule has 0 spiro atoms. The molecule has 0 radical (unpaired) electrons. The molecule has 1 heterocycles. The lowest BCUT2D eigenvalue weighted by molar-refractivity contribution is -0.384. The van der Waals surface area contributed by atoms with Gasteiger partial charge in [0.1, 0.15) is 0 Å². The molecule has 92 valence electrons. The summed E-state index contributed by atoms with van der Waals surface area (Å²) < 4.78 is 0. The Balaban J connectivity index is 2.17. The van der Waals surface area contributed by atoms with Gasteiger partial charge < -0.3 is 5.32 Å². The number of amides is 1. The highest BCUT2D eigenvalue weighted by atomic mass is 16.6. The van der Waals surface area contributed by atoms with Crippen molar-refractivity contribution >= 4 is 11.6 Å². The minimum atomic E-state index is -0.446. The molecule has 2 rings (SSSR count). The average Bonchev–Trinajstić information content (AvgIpc) is 2.36. The van der Waals surface area contributed by atoms with Gasteiger partial charge in [-0.05, 0) is 5.56 Å². The molecule has 18 heavy (non-hydrogen) atoms. The molecule has 1 aliphatic heterocycles. The summed E-state index contributed by atoms with van der Waals surface area (Å²) in [7, 11) is 0. The van der Waals surface area contributed by atoms with E-state index < -0.39 is 4.92 Å². The van der Waals surface area contributed by atoms with Gasteiger partial charge in [-0.25, -0.2) is 0 Å².